The number of nitrogens with two attached hydrogens (primary N) is 1. The van der Waals surface area contributed by atoms with Crippen molar-refractivity contribution in [1.82, 2.24) is 5.32 Å². The van der Waals surface area contributed by atoms with Gasteiger partial charge in [-0.1, -0.05) is 13.8 Å². The third-order valence-corrected chi connectivity index (χ3v) is 10.9. The Morgan fingerprint density at radius 3 is 2.44 bits per heavy atom. The zero-order valence-electron chi connectivity index (χ0n) is 20.7. The molecule has 4 aliphatic carbocycles. The zero-order valence-corrected chi connectivity index (χ0v) is 20.7. The molecule has 188 valence electrons. The Labute approximate surface area is 201 Å². The maximum atomic E-state index is 12.3. The maximum Gasteiger partial charge on any atom is 0.335 e. The summed E-state index contributed by atoms with van der Waals surface area (Å²) in [6, 6.07) is 2.72. The van der Waals surface area contributed by atoms with Crippen molar-refractivity contribution in [2.45, 2.75) is 108 Å². The molecule has 5 rings (SSSR count). The van der Waals surface area contributed by atoms with Gasteiger partial charge in [0.25, 0.3) is 0 Å². The van der Waals surface area contributed by atoms with E-state index in [9.17, 15) is 19.8 Å². The Balaban J connectivity index is 1.40. The van der Waals surface area contributed by atoms with Gasteiger partial charge in [-0.15, -0.1) is 0 Å². The van der Waals surface area contributed by atoms with Gasteiger partial charge >= 0.3 is 5.63 Å². The van der Waals surface area contributed by atoms with Gasteiger partial charge in [0.05, 0.1) is 23.5 Å². The Kier molecular flexibility index (Phi) is 5.58. The number of rotatable bonds is 3. The number of carbonyl (C=O) groups excluding carboxylic acids is 1. The van der Waals surface area contributed by atoms with E-state index in [1.54, 1.807) is 13.2 Å². The van der Waals surface area contributed by atoms with E-state index in [1.807, 2.05) is 6.07 Å². The first-order valence-electron chi connectivity index (χ1n) is 13.0. The van der Waals surface area contributed by atoms with Crippen LogP contribution < -0.4 is 16.7 Å². The third kappa shape index (κ3) is 3.26. The maximum absolute atomic E-state index is 12.3. The molecule has 1 aromatic heterocycles. The van der Waals surface area contributed by atoms with E-state index in [0.29, 0.717) is 12.8 Å². The number of amides is 1. The molecule has 0 radical (unpaired) electrons. The quantitative estimate of drug-likeness (QED) is 0.536. The molecular weight excluding hydrogens is 432 g/mol. The molecule has 0 spiro atoms. The fourth-order valence-corrected chi connectivity index (χ4v) is 8.78. The van der Waals surface area contributed by atoms with Crippen LogP contribution in [0.5, 0.6) is 0 Å². The first-order valence-corrected chi connectivity index (χ1v) is 13.0. The lowest BCUT2D eigenvalue weighted by atomic mass is 9.42. The summed E-state index contributed by atoms with van der Waals surface area (Å²) >= 11 is 0. The van der Waals surface area contributed by atoms with Crippen LogP contribution in [0, 0.1) is 22.7 Å². The van der Waals surface area contributed by atoms with Crippen molar-refractivity contribution in [3.05, 3.63) is 34.4 Å². The van der Waals surface area contributed by atoms with E-state index < -0.39 is 17.2 Å². The molecule has 34 heavy (non-hydrogen) atoms. The van der Waals surface area contributed by atoms with Gasteiger partial charge in [-0.3, -0.25) is 4.79 Å². The topological polar surface area (TPSA) is 126 Å². The van der Waals surface area contributed by atoms with Gasteiger partial charge < -0.3 is 25.7 Å². The van der Waals surface area contributed by atoms with Crippen molar-refractivity contribution in [2.24, 2.45) is 28.4 Å². The molecule has 7 heteroatoms. The lowest BCUT2D eigenvalue weighted by molar-refractivity contribution is -0.247. The highest BCUT2D eigenvalue weighted by molar-refractivity contribution is 5.81. The summed E-state index contributed by atoms with van der Waals surface area (Å²) < 4.78 is 5.18. The van der Waals surface area contributed by atoms with Crippen LogP contribution in [0.4, 0.5) is 0 Å². The molecule has 1 unspecified atom stereocenters. The van der Waals surface area contributed by atoms with E-state index >= 15 is 0 Å². The lowest BCUT2D eigenvalue weighted by Gasteiger charge is -2.66. The van der Waals surface area contributed by atoms with Crippen LogP contribution in [0.1, 0.15) is 90.0 Å². The Morgan fingerprint density at radius 2 is 1.76 bits per heavy atom. The van der Waals surface area contributed by atoms with E-state index in [1.165, 1.54) is 6.07 Å². The van der Waals surface area contributed by atoms with Crippen molar-refractivity contribution in [2.75, 3.05) is 0 Å². The van der Waals surface area contributed by atoms with E-state index in [-0.39, 0.29) is 46.2 Å². The summed E-state index contributed by atoms with van der Waals surface area (Å²) in [5.41, 5.74) is 4.16. The van der Waals surface area contributed by atoms with Crippen LogP contribution >= 0.6 is 0 Å². The third-order valence-electron chi connectivity index (χ3n) is 10.9. The molecule has 0 saturated heterocycles. The molecule has 4 saturated carbocycles. The predicted octanol–water partition coefficient (Wildman–Crippen LogP) is 2.83. The number of aliphatic hydroxyl groups is 2. The highest BCUT2D eigenvalue weighted by Crippen LogP contribution is 2.71. The molecule has 0 aliphatic heterocycles. The van der Waals surface area contributed by atoms with E-state index in [4.69, 9.17) is 10.2 Å². The number of fused-ring (bicyclic) bond motifs is 5. The van der Waals surface area contributed by atoms with Crippen LogP contribution in [0.15, 0.2) is 27.6 Å². The molecule has 0 aromatic carbocycles. The van der Waals surface area contributed by atoms with Crippen molar-refractivity contribution in [1.29, 1.82) is 0 Å². The molecule has 4 aliphatic rings. The minimum atomic E-state index is -0.854. The largest absolute Gasteiger partial charge is 0.431 e. The van der Waals surface area contributed by atoms with E-state index in [2.05, 4.69) is 19.2 Å². The fraction of sp³-hybridized carbons (Fsp3) is 0.778. The highest BCUT2D eigenvalue weighted by Gasteiger charge is 2.69. The zero-order chi connectivity index (χ0) is 24.5. The van der Waals surface area contributed by atoms with Gasteiger partial charge in [-0.25, -0.2) is 4.79 Å². The number of hydrogen-bond acceptors (Lipinski definition) is 6. The predicted molar refractivity (Wildman–Crippen MR) is 128 cm³/mol. The average molecular weight is 473 g/mol. The molecule has 9 atom stereocenters. The first kappa shape index (κ1) is 24.0. The molecule has 4 fully saturated rings. The second kappa shape index (κ2) is 7.90. The van der Waals surface area contributed by atoms with Crippen molar-refractivity contribution in [3.63, 3.8) is 0 Å². The Morgan fingerprint density at radius 1 is 1.06 bits per heavy atom. The molecule has 1 amide bonds. The van der Waals surface area contributed by atoms with Gasteiger partial charge in [0.2, 0.25) is 5.91 Å². The van der Waals surface area contributed by atoms with Crippen LogP contribution in [0.25, 0.3) is 0 Å². The summed E-state index contributed by atoms with van der Waals surface area (Å²) in [7, 11) is 0. The second-order valence-corrected chi connectivity index (χ2v) is 12.3. The van der Waals surface area contributed by atoms with Gasteiger partial charge in [0, 0.05) is 17.5 Å². The summed E-state index contributed by atoms with van der Waals surface area (Å²) in [5, 5.41) is 27.3. The number of nitrogens with one attached hydrogen (secondary N) is 1. The van der Waals surface area contributed by atoms with Crippen LogP contribution in [0.2, 0.25) is 0 Å². The molecule has 0 bridgehead atoms. The Hall–Kier alpha value is -1.70. The van der Waals surface area contributed by atoms with Crippen LogP contribution in [0.3, 0.4) is 0 Å². The highest BCUT2D eigenvalue weighted by atomic mass is 16.4. The summed E-state index contributed by atoms with van der Waals surface area (Å²) in [4.78, 5) is 23.7. The van der Waals surface area contributed by atoms with Gasteiger partial charge in [-0.05, 0) is 99.5 Å². The monoisotopic (exact) mass is 472 g/mol. The lowest BCUT2D eigenvalue weighted by Crippen LogP contribution is -2.68. The SMILES string of the molecule is CC(N)C(=O)N[C@H]1CC[C@]2(C)[C@H]3CC[C@]4(C)[C@@H](c5ccc(=O)oc5)CC[C@]4(O)[C@@H]3CC[C@]2(O)C1. The van der Waals surface area contributed by atoms with Crippen molar-refractivity contribution in [3.8, 4) is 0 Å². The molecule has 7 nitrogen and oxygen atoms in total. The molecule has 1 heterocycles. The van der Waals surface area contributed by atoms with Crippen molar-refractivity contribution < 1.29 is 19.4 Å². The minimum absolute atomic E-state index is 0.0614. The van der Waals surface area contributed by atoms with Crippen LogP contribution in [-0.2, 0) is 4.79 Å². The van der Waals surface area contributed by atoms with Crippen molar-refractivity contribution >= 4 is 5.91 Å². The Bertz CT molecular complexity index is 1000. The van der Waals surface area contributed by atoms with Crippen LogP contribution in [-0.4, -0.2) is 39.4 Å². The standard InChI is InChI=1S/C27H40N2O5/c1-16(28)23(31)29-18-6-10-24(2)20-7-11-25(3)19(17-4-5-22(30)34-15-17)9-13-27(25,33)21(20)8-12-26(24,32)14-18/h4-5,15-16,18-21,32-33H,6-14,28H2,1-3H3,(H,29,31)/t16?,18-,19+,20-,21+,24+,25+,26-,27-/m0/s1. The summed E-state index contributed by atoms with van der Waals surface area (Å²) in [5.74, 6) is 0.359. The summed E-state index contributed by atoms with van der Waals surface area (Å²) in [6.07, 6.45) is 8.65. The fourth-order valence-electron chi connectivity index (χ4n) is 8.78. The molecule has 5 N–H and O–H groups in total. The van der Waals surface area contributed by atoms with Gasteiger partial charge in [0.15, 0.2) is 0 Å². The average Bonchev–Trinajstić information content (AvgIpc) is 3.06. The van der Waals surface area contributed by atoms with E-state index in [0.717, 1.165) is 50.5 Å². The molecule has 1 aromatic rings. The minimum Gasteiger partial charge on any atom is -0.431 e. The number of hydrogen-bond donors (Lipinski definition) is 4. The molecular formula is C27H40N2O5. The second-order valence-electron chi connectivity index (χ2n) is 12.3. The van der Waals surface area contributed by atoms with Gasteiger partial charge in [0.1, 0.15) is 0 Å². The van der Waals surface area contributed by atoms with Gasteiger partial charge in [-0.2, -0.15) is 0 Å². The number of carbonyl (C=O) groups is 1. The normalized spacial score (nSPS) is 46.6. The smallest absolute Gasteiger partial charge is 0.335 e. The first-order chi connectivity index (χ1) is 15.9. The summed E-state index contributed by atoms with van der Waals surface area (Å²) in [6.45, 7) is 6.12.